The molecular weight excluding hydrogens is 465 g/mol. The molecule has 3 nitrogen and oxygen atoms in total. The van der Waals surface area contributed by atoms with Gasteiger partial charge in [0.15, 0.2) is 0 Å². The summed E-state index contributed by atoms with van der Waals surface area (Å²) in [6.07, 6.45) is 1.66. The Hall–Kier alpha value is -0.860. The summed E-state index contributed by atoms with van der Waals surface area (Å²) in [4.78, 5) is 0.293. The summed E-state index contributed by atoms with van der Waals surface area (Å²) < 4.78 is 28.8. The smallest absolute Gasteiger partial charge is 0.240 e. The third-order valence-electron chi connectivity index (χ3n) is 3.28. The molecule has 3 aromatic rings. The fourth-order valence-electron chi connectivity index (χ4n) is 2.19. The zero-order valence-corrected chi connectivity index (χ0v) is 15.6. The predicted molar refractivity (Wildman–Crippen MR) is 96.1 cm³/mol. The van der Waals surface area contributed by atoms with E-state index in [0.29, 0.717) is 10.4 Å². The third-order valence-corrected chi connectivity index (χ3v) is 6.44. The Bertz CT molecular complexity index is 930. The van der Waals surface area contributed by atoms with Crippen LogP contribution in [0, 0.1) is 10.5 Å². The Kier molecular flexibility index (Phi) is 3.87. The number of nitrogens with zero attached hydrogens (tertiary/aromatic N) is 1. The maximum Gasteiger partial charge on any atom is 0.268 e. The van der Waals surface area contributed by atoms with Crippen molar-refractivity contribution in [1.82, 2.24) is 3.97 Å². The van der Waals surface area contributed by atoms with Gasteiger partial charge in [0.25, 0.3) is 10.0 Å². The normalized spacial score (nSPS) is 12.0. The molecule has 3 rings (SSSR count). The maximum atomic E-state index is 12.8. The van der Waals surface area contributed by atoms with Gasteiger partial charge in [-0.3, -0.25) is 0 Å². The van der Waals surface area contributed by atoms with Gasteiger partial charge in [-0.25, -0.2) is 12.4 Å². The highest BCUT2D eigenvalue weighted by molar-refractivity contribution is 14.1. The summed E-state index contributed by atoms with van der Waals surface area (Å²) in [5.74, 6) is 0. The van der Waals surface area contributed by atoms with Crippen molar-refractivity contribution in [2.24, 2.45) is 0 Å². The van der Waals surface area contributed by atoms with Gasteiger partial charge >= 0.3 is 0 Å². The van der Waals surface area contributed by atoms with Crippen LogP contribution < -0.4 is 0 Å². The van der Waals surface area contributed by atoms with Gasteiger partial charge in [0, 0.05) is 19.6 Å². The SMILES string of the molecule is Cc1ccc(S(=O)(=O)n2cc(I)c3c(Br)cccc32)cc1. The molecule has 0 unspecified atom stereocenters. The molecular formula is C15H11BrINO2S. The number of hydrogen-bond acceptors (Lipinski definition) is 2. The van der Waals surface area contributed by atoms with E-state index in [1.54, 1.807) is 30.5 Å². The van der Waals surface area contributed by atoms with Crippen molar-refractivity contribution in [1.29, 1.82) is 0 Å². The molecule has 0 aliphatic rings. The second-order valence-electron chi connectivity index (χ2n) is 4.72. The highest BCUT2D eigenvalue weighted by atomic mass is 127. The minimum Gasteiger partial charge on any atom is -0.240 e. The summed E-state index contributed by atoms with van der Waals surface area (Å²) in [5, 5.41) is 0.911. The first-order valence-corrected chi connectivity index (χ1v) is 9.50. The Morgan fingerprint density at radius 2 is 1.76 bits per heavy atom. The first-order valence-electron chi connectivity index (χ1n) is 6.18. The van der Waals surface area contributed by atoms with Crippen LogP contribution in [0.5, 0.6) is 0 Å². The van der Waals surface area contributed by atoms with Crippen LogP contribution in [0.3, 0.4) is 0 Å². The molecule has 0 bridgehead atoms. The van der Waals surface area contributed by atoms with Crippen LogP contribution >= 0.6 is 38.5 Å². The van der Waals surface area contributed by atoms with Crippen LogP contribution in [0.2, 0.25) is 0 Å². The number of halogens is 2. The molecule has 0 saturated carbocycles. The Morgan fingerprint density at radius 3 is 2.43 bits per heavy atom. The Labute approximate surface area is 145 Å². The van der Waals surface area contributed by atoms with Crippen molar-refractivity contribution < 1.29 is 8.42 Å². The third kappa shape index (κ3) is 2.53. The number of hydrogen-bond donors (Lipinski definition) is 0. The van der Waals surface area contributed by atoms with Gasteiger partial charge in [-0.15, -0.1) is 0 Å². The van der Waals surface area contributed by atoms with E-state index >= 15 is 0 Å². The lowest BCUT2D eigenvalue weighted by molar-refractivity contribution is 0.589. The quantitative estimate of drug-likeness (QED) is 0.510. The van der Waals surface area contributed by atoms with E-state index in [2.05, 4.69) is 38.5 Å². The summed E-state index contributed by atoms with van der Waals surface area (Å²) in [7, 11) is -3.59. The average Bonchev–Trinajstić information content (AvgIpc) is 2.79. The molecule has 0 fully saturated rings. The minimum absolute atomic E-state index is 0.293. The molecule has 0 spiro atoms. The van der Waals surface area contributed by atoms with E-state index in [1.807, 2.05) is 25.1 Å². The van der Waals surface area contributed by atoms with Crippen LogP contribution in [0.4, 0.5) is 0 Å². The molecule has 21 heavy (non-hydrogen) atoms. The van der Waals surface area contributed by atoms with Crippen molar-refractivity contribution in [3.05, 3.63) is 62.3 Å². The number of benzene rings is 2. The Morgan fingerprint density at radius 1 is 1.10 bits per heavy atom. The average molecular weight is 476 g/mol. The van der Waals surface area contributed by atoms with Crippen molar-refractivity contribution in [2.45, 2.75) is 11.8 Å². The summed E-state index contributed by atoms with van der Waals surface area (Å²) in [6, 6.07) is 12.5. The van der Waals surface area contributed by atoms with Crippen molar-refractivity contribution in [3.63, 3.8) is 0 Å². The van der Waals surface area contributed by atoms with Crippen molar-refractivity contribution in [3.8, 4) is 0 Å². The van der Waals surface area contributed by atoms with Gasteiger partial charge in [-0.2, -0.15) is 0 Å². The first kappa shape index (κ1) is 15.1. The molecule has 0 aliphatic heterocycles. The van der Waals surface area contributed by atoms with Gasteiger partial charge in [0.05, 0.1) is 10.4 Å². The minimum atomic E-state index is -3.59. The molecule has 1 heterocycles. The standard InChI is InChI=1S/C15H11BrINO2S/c1-10-5-7-11(8-6-10)21(19,20)18-9-13(17)15-12(16)3-2-4-14(15)18/h2-9H,1H3. The van der Waals surface area contributed by atoms with Gasteiger partial charge in [-0.05, 0) is 53.8 Å². The van der Waals surface area contributed by atoms with Gasteiger partial charge in [0.2, 0.25) is 0 Å². The van der Waals surface area contributed by atoms with Crippen molar-refractivity contribution in [2.75, 3.05) is 0 Å². The first-order chi connectivity index (χ1) is 9.91. The van der Waals surface area contributed by atoms with Crippen molar-refractivity contribution >= 4 is 59.4 Å². The zero-order chi connectivity index (χ0) is 15.2. The van der Waals surface area contributed by atoms with Gasteiger partial charge in [-0.1, -0.05) is 39.7 Å². The van der Waals surface area contributed by atoms with Crippen LogP contribution in [0.15, 0.2) is 58.0 Å². The lowest BCUT2D eigenvalue weighted by atomic mass is 10.2. The topological polar surface area (TPSA) is 39.1 Å². The molecule has 6 heteroatoms. The lowest BCUT2D eigenvalue weighted by Gasteiger charge is -2.08. The van der Waals surface area contributed by atoms with E-state index in [9.17, 15) is 8.42 Å². The molecule has 0 N–H and O–H groups in total. The predicted octanol–water partition coefficient (Wildman–Crippen LogP) is 4.55. The monoisotopic (exact) mass is 475 g/mol. The summed E-state index contributed by atoms with van der Waals surface area (Å²) in [6.45, 7) is 1.93. The Balaban J connectivity index is 2.29. The van der Waals surface area contributed by atoms with E-state index in [4.69, 9.17) is 0 Å². The second kappa shape index (κ2) is 5.40. The molecule has 108 valence electrons. The fraction of sp³-hybridized carbons (Fsp3) is 0.0667. The molecule has 0 amide bonds. The molecule has 2 aromatic carbocycles. The van der Waals surface area contributed by atoms with E-state index in [0.717, 1.165) is 19.0 Å². The molecule has 0 atom stereocenters. The fourth-order valence-corrected chi connectivity index (χ4v) is 5.53. The van der Waals surface area contributed by atoms with Crippen LogP contribution in [-0.2, 0) is 10.0 Å². The molecule has 0 radical (unpaired) electrons. The number of fused-ring (bicyclic) bond motifs is 1. The highest BCUT2D eigenvalue weighted by Crippen LogP contribution is 2.32. The van der Waals surface area contributed by atoms with Gasteiger partial charge in [0.1, 0.15) is 0 Å². The highest BCUT2D eigenvalue weighted by Gasteiger charge is 2.21. The van der Waals surface area contributed by atoms with Gasteiger partial charge < -0.3 is 0 Å². The summed E-state index contributed by atoms with van der Waals surface area (Å²) >= 11 is 5.63. The van der Waals surface area contributed by atoms with E-state index in [1.165, 1.54) is 3.97 Å². The largest absolute Gasteiger partial charge is 0.268 e. The van der Waals surface area contributed by atoms with E-state index < -0.39 is 10.0 Å². The lowest BCUT2D eigenvalue weighted by Crippen LogP contribution is -2.11. The van der Waals surface area contributed by atoms with Crippen LogP contribution in [0.1, 0.15) is 5.56 Å². The maximum absolute atomic E-state index is 12.8. The molecule has 0 aliphatic carbocycles. The molecule has 0 saturated heterocycles. The summed E-state index contributed by atoms with van der Waals surface area (Å²) in [5.41, 5.74) is 1.71. The number of rotatable bonds is 2. The number of aryl methyl sites for hydroxylation is 1. The molecule has 1 aromatic heterocycles. The zero-order valence-electron chi connectivity index (χ0n) is 11.0. The van der Waals surface area contributed by atoms with E-state index in [-0.39, 0.29) is 0 Å². The van der Waals surface area contributed by atoms with Crippen LogP contribution in [0.25, 0.3) is 10.9 Å². The number of aromatic nitrogens is 1. The second-order valence-corrected chi connectivity index (χ2v) is 8.56. The van der Waals surface area contributed by atoms with Crippen LogP contribution in [-0.4, -0.2) is 12.4 Å².